The van der Waals surface area contributed by atoms with Crippen LogP contribution in [0.1, 0.15) is 24.5 Å². The molecule has 88 valence electrons. The van der Waals surface area contributed by atoms with Crippen molar-refractivity contribution in [2.75, 3.05) is 7.11 Å². The van der Waals surface area contributed by atoms with Crippen LogP contribution in [0, 0.1) is 6.92 Å². The molecule has 0 N–H and O–H groups in total. The van der Waals surface area contributed by atoms with Crippen LogP contribution < -0.4 is 0 Å². The molecular weight excluding hydrogens is 222 g/mol. The zero-order valence-electron chi connectivity index (χ0n) is 9.90. The topological polar surface area (TPSA) is 39.2 Å². The highest BCUT2D eigenvalue weighted by molar-refractivity contribution is 7.99. The van der Waals surface area contributed by atoms with E-state index in [4.69, 9.17) is 0 Å². The highest BCUT2D eigenvalue weighted by Crippen LogP contribution is 2.20. The van der Waals surface area contributed by atoms with Gasteiger partial charge in [-0.2, -0.15) is 11.8 Å². The molecule has 0 bridgehead atoms. The lowest BCUT2D eigenvalue weighted by molar-refractivity contribution is -0.140. The van der Waals surface area contributed by atoms with Crippen molar-refractivity contribution in [1.82, 2.24) is 4.98 Å². The van der Waals surface area contributed by atoms with Crippen molar-refractivity contribution in [3.8, 4) is 0 Å². The Kier molecular flexibility index (Phi) is 5.32. The van der Waals surface area contributed by atoms with E-state index in [1.165, 1.54) is 18.2 Å². The number of methoxy groups -OCH3 is 1. The van der Waals surface area contributed by atoms with E-state index in [1.807, 2.05) is 26.2 Å². The van der Waals surface area contributed by atoms with Crippen LogP contribution >= 0.6 is 11.8 Å². The smallest absolute Gasteiger partial charge is 0.306 e. The summed E-state index contributed by atoms with van der Waals surface area (Å²) in [5.41, 5.74) is 2.36. The molecule has 0 saturated carbocycles. The van der Waals surface area contributed by atoms with Gasteiger partial charge in [-0.15, -0.1) is 0 Å². The Labute approximate surface area is 101 Å². The van der Waals surface area contributed by atoms with E-state index in [9.17, 15) is 4.79 Å². The molecule has 0 radical (unpaired) electrons. The van der Waals surface area contributed by atoms with Crippen LogP contribution in [0.25, 0.3) is 0 Å². The highest BCUT2D eigenvalue weighted by atomic mass is 32.2. The first-order valence-corrected chi connectivity index (χ1v) is 6.25. The number of ether oxygens (including phenoxy) is 1. The second-order valence-corrected chi connectivity index (χ2v) is 5.20. The van der Waals surface area contributed by atoms with E-state index >= 15 is 0 Å². The minimum atomic E-state index is -0.151. The van der Waals surface area contributed by atoms with Crippen molar-refractivity contribution in [3.63, 3.8) is 0 Å². The van der Waals surface area contributed by atoms with Gasteiger partial charge in [0.1, 0.15) is 0 Å². The van der Waals surface area contributed by atoms with Crippen molar-refractivity contribution >= 4 is 17.7 Å². The summed E-state index contributed by atoms with van der Waals surface area (Å²) in [5, 5.41) is 0.271. The first-order valence-electron chi connectivity index (χ1n) is 5.20. The largest absolute Gasteiger partial charge is 0.469 e. The van der Waals surface area contributed by atoms with Crippen LogP contribution in [0.15, 0.2) is 18.5 Å². The number of aryl methyl sites for hydroxylation is 1. The molecule has 1 unspecified atom stereocenters. The summed E-state index contributed by atoms with van der Waals surface area (Å²) < 4.78 is 4.63. The van der Waals surface area contributed by atoms with E-state index in [1.54, 1.807) is 11.8 Å². The van der Waals surface area contributed by atoms with Gasteiger partial charge < -0.3 is 4.74 Å². The minimum absolute atomic E-state index is 0.151. The molecule has 0 aliphatic carbocycles. The van der Waals surface area contributed by atoms with Gasteiger partial charge in [0.15, 0.2) is 0 Å². The predicted molar refractivity (Wildman–Crippen MR) is 66.4 cm³/mol. The predicted octanol–water partition coefficient (Wildman–Crippen LogP) is 2.57. The molecule has 16 heavy (non-hydrogen) atoms. The van der Waals surface area contributed by atoms with E-state index in [0.29, 0.717) is 6.42 Å². The number of nitrogens with zero attached hydrogens (tertiary/aromatic N) is 1. The summed E-state index contributed by atoms with van der Waals surface area (Å²) in [6.45, 7) is 4.06. The molecule has 1 rings (SSSR count). The van der Waals surface area contributed by atoms with Crippen molar-refractivity contribution in [3.05, 3.63) is 29.6 Å². The van der Waals surface area contributed by atoms with E-state index < -0.39 is 0 Å². The van der Waals surface area contributed by atoms with E-state index in [0.717, 1.165) is 5.75 Å². The number of hydrogen-bond acceptors (Lipinski definition) is 4. The molecule has 3 nitrogen and oxygen atoms in total. The molecule has 1 atom stereocenters. The lowest BCUT2D eigenvalue weighted by Crippen LogP contribution is -2.08. The maximum Gasteiger partial charge on any atom is 0.306 e. The van der Waals surface area contributed by atoms with Gasteiger partial charge in [0.2, 0.25) is 0 Å². The third kappa shape index (κ3) is 4.66. The van der Waals surface area contributed by atoms with Gasteiger partial charge >= 0.3 is 5.97 Å². The van der Waals surface area contributed by atoms with Crippen molar-refractivity contribution in [1.29, 1.82) is 0 Å². The maximum absolute atomic E-state index is 11.0. The van der Waals surface area contributed by atoms with Gasteiger partial charge in [0.05, 0.1) is 13.5 Å². The molecule has 0 saturated heterocycles. The van der Waals surface area contributed by atoms with Crippen LogP contribution in [-0.4, -0.2) is 23.3 Å². The fourth-order valence-corrected chi connectivity index (χ4v) is 2.20. The number of thioether (sulfide) groups is 1. The first-order chi connectivity index (χ1) is 7.61. The second kappa shape index (κ2) is 6.53. The Bertz CT molecular complexity index is 355. The standard InChI is InChI=1S/C12H17NO2S/c1-9-4-11(7-13-6-9)8-16-10(2)5-12(14)15-3/h4,6-7,10H,5,8H2,1-3H3. The number of hydrogen-bond donors (Lipinski definition) is 0. The molecule has 0 aliphatic heterocycles. The summed E-state index contributed by atoms with van der Waals surface area (Å²) in [7, 11) is 1.42. The Balaban J connectivity index is 2.37. The molecule has 0 fully saturated rings. The van der Waals surface area contributed by atoms with Crippen LogP contribution in [0.2, 0.25) is 0 Å². The molecule has 4 heteroatoms. The molecule has 1 heterocycles. The Morgan fingerprint density at radius 2 is 2.31 bits per heavy atom. The monoisotopic (exact) mass is 239 g/mol. The number of carbonyl (C=O) groups excluding carboxylic acids is 1. The Morgan fingerprint density at radius 1 is 1.56 bits per heavy atom. The van der Waals surface area contributed by atoms with Crippen LogP contribution in [0.5, 0.6) is 0 Å². The van der Waals surface area contributed by atoms with Gasteiger partial charge in [-0.3, -0.25) is 9.78 Å². The lowest BCUT2D eigenvalue weighted by Gasteiger charge is -2.09. The summed E-state index contributed by atoms with van der Waals surface area (Å²) >= 11 is 1.74. The normalized spacial score (nSPS) is 12.2. The summed E-state index contributed by atoms with van der Waals surface area (Å²) in [6, 6.07) is 2.12. The lowest BCUT2D eigenvalue weighted by atomic mass is 10.2. The van der Waals surface area contributed by atoms with Gasteiger partial charge in [0.25, 0.3) is 0 Å². The third-order valence-electron chi connectivity index (χ3n) is 2.15. The number of aromatic nitrogens is 1. The van der Waals surface area contributed by atoms with Gasteiger partial charge in [0, 0.05) is 23.4 Å². The second-order valence-electron chi connectivity index (χ2n) is 3.77. The maximum atomic E-state index is 11.0. The number of pyridine rings is 1. The fourth-order valence-electron chi connectivity index (χ4n) is 1.31. The number of rotatable bonds is 5. The zero-order valence-corrected chi connectivity index (χ0v) is 10.7. The highest BCUT2D eigenvalue weighted by Gasteiger charge is 2.09. The van der Waals surface area contributed by atoms with E-state index in [2.05, 4.69) is 15.8 Å². The van der Waals surface area contributed by atoms with Crippen LogP contribution in [0.3, 0.4) is 0 Å². The summed E-state index contributed by atoms with van der Waals surface area (Å²) in [4.78, 5) is 15.2. The fraction of sp³-hybridized carbons (Fsp3) is 0.500. The molecule has 0 aliphatic rings. The molecule has 0 spiro atoms. The molecule has 0 amide bonds. The quantitative estimate of drug-likeness (QED) is 0.740. The number of esters is 1. The van der Waals surface area contributed by atoms with E-state index in [-0.39, 0.29) is 11.2 Å². The van der Waals surface area contributed by atoms with Crippen LogP contribution in [-0.2, 0) is 15.3 Å². The molecule has 1 aromatic rings. The Morgan fingerprint density at radius 3 is 2.94 bits per heavy atom. The van der Waals surface area contributed by atoms with Gasteiger partial charge in [-0.25, -0.2) is 0 Å². The van der Waals surface area contributed by atoms with Gasteiger partial charge in [-0.05, 0) is 18.1 Å². The summed E-state index contributed by atoms with van der Waals surface area (Å²) in [6.07, 6.45) is 4.16. The minimum Gasteiger partial charge on any atom is -0.469 e. The molecule has 0 aromatic carbocycles. The van der Waals surface area contributed by atoms with Crippen LogP contribution in [0.4, 0.5) is 0 Å². The van der Waals surface area contributed by atoms with Gasteiger partial charge in [-0.1, -0.05) is 13.0 Å². The molecule has 1 aromatic heterocycles. The Hall–Kier alpha value is -1.03. The van der Waals surface area contributed by atoms with Crippen molar-refractivity contribution in [2.45, 2.75) is 31.3 Å². The average molecular weight is 239 g/mol. The van der Waals surface area contributed by atoms with Crippen molar-refractivity contribution in [2.24, 2.45) is 0 Å². The first kappa shape index (κ1) is 13.0. The van der Waals surface area contributed by atoms with Crippen molar-refractivity contribution < 1.29 is 9.53 Å². The molecular formula is C12H17NO2S. The number of carbonyl (C=O) groups is 1. The zero-order chi connectivity index (χ0) is 12.0. The summed E-state index contributed by atoms with van der Waals surface area (Å²) in [5.74, 6) is 0.731. The third-order valence-corrected chi connectivity index (χ3v) is 3.38. The SMILES string of the molecule is COC(=O)CC(C)SCc1cncc(C)c1. The average Bonchev–Trinajstić information content (AvgIpc) is 2.26.